The van der Waals surface area contributed by atoms with Crippen molar-refractivity contribution in [3.63, 3.8) is 0 Å². The van der Waals surface area contributed by atoms with Crippen molar-refractivity contribution in [3.8, 4) is 5.75 Å². The zero-order valence-corrected chi connectivity index (χ0v) is 26.1. The van der Waals surface area contributed by atoms with Crippen molar-refractivity contribution in [2.75, 3.05) is 31.6 Å². The molecule has 0 spiro atoms. The third-order valence-corrected chi connectivity index (χ3v) is 7.34. The van der Waals surface area contributed by atoms with Crippen LogP contribution >= 0.6 is 0 Å². The smallest absolute Gasteiger partial charge is 0.226 e. The second kappa shape index (κ2) is 19.9. The molecule has 1 aliphatic heterocycles. The highest BCUT2D eigenvalue weighted by atomic mass is 16.7. The van der Waals surface area contributed by atoms with E-state index in [0.29, 0.717) is 43.9 Å². The van der Waals surface area contributed by atoms with Gasteiger partial charge >= 0.3 is 0 Å². The average molecular weight is 623 g/mol. The van der Waals surface area contributed by atoms with Gasteiger partial charge in [0.05, 0.1) is 6.61 Å². The zero-order valence-electron chi connectivity index (χ0n) is 26.1. The molecule has 44 heavy (non-hydrogen) atoms. The molecule has 5 atom stereocenters. The maximum atomic E-state index is 12.8. The summed E-state index contributed by atoms with van der Waals surface area (Å²) in [6.45, 7) is 6.09. The molecule has 13 nitrogen and oxygen atoms in total. The molecule has 4 amide bonds. The van der Waals surface area contributed by atoms with Crippen molar-refractivity contribution < 1.29 is 44.0 Å². The first kappa shape index (κ1) is 36.9. The number of amides is 4. The number of rotatable bonds is 19. The van der Waals surface area contributed by atoms with Crippen LogP contribution < -0.4 is 20.7 Å². The van der Waals surface area contributed by atoms with Crippen LogP contribution in [-0.4, -0.2) is 101 Å². The van der Waals surface area contributed by atoms with Gasteiger partial charge in [0.25, 0.3) is 0 Å². The van der Waals surface area contributed by atoms with Crippen molar-refractivity contribution in [2.24, 2.45) is 0 Å². The van der Waals surface area contributed by atoms with Gasteiger partial charge in [-0.05, 0) is 43.5 Å². The summed E-state index contributed by atoms with van der Waals surface area (Å²) in [7, 11) is 0. The Balaban J connectivity index is 1.87. The highest BCUT2D eigenvalue weighted by molar-refractivity contribution is 5.91. The minimum atomic E-state index is -1.43. The second-order valence-corrected chi connectivity index (χ2v) is 11.0. The topological polar surface area (TPSA) is 187 Å². The lowest BCUT2D eigenvalue weighted by Gasteiger charge is -2.42. The second-order valence-electron chi connectivity index (χ2n) is 11.0. The Labute approximate surface area is 259 Å². The SMILES string of the molecule is CCCCC(=O)N(CCCCCCNC(=O)CC)CCC(=O)Nc1ccc(OC2OC(CO)C(O)C(O)C2NC(C)=O)cc1. The molecule has 1 saturated heterocycles. The summed E-state index contributed by atoms with van der Waals surface area (Å²) in [5.74, 6) is -0.309. The number of nitrogens with zero attached hydrogens (tertiary/aromatic N) is 1. The molecular formula is C31H50N4O9. The summed E-state index contributed by atoms with van der Waals surface area (Å²) in [5, 5.41) is 38.3. The molecule has 1 heterocycles. The number of unbranched alkanes of at least 4 members (excludes halogenated alkanes) is 4. The van der Waals surface area contributed by atoms with Gasteiger partial charge in [-0.25, -0.2) is 0 Å². The van der Waals surface area contributed by atoms with Gasteiger partial charge < -0.3 is 45.6 Å². The van der Waals surface area contributed by atoms with Crippen LogP contribution in [0.3, 0.4) is 0 Å². The summed E-state index contributed by atoms with van der Waals surface area (Å²) in [5.41, 5.74) is 0.507. The van der Waals surface area contributed by atoms with Crippen molar-refractivity contribution in [1.29, 1.82) is 0 Å². The third kappa shape index (κ3) is 12.8. The number of hydrogen-bond donors (Lipinski definition) is 6. The van der Waals surface area contributed by atoms with Gasteiger partial charge in [0.1, 0.15) is 30.1 Å². The van der Waals surface area contributed by atoms with E-state index in [1.807, 2.05) is 13.8 Å². The number of carbonyl (C=O) groups is 4. The summed E-state index contributed by atoms with van der Waals surface area (Å²) < 4.78 is 11.4. The fourth-order valence-electron chi connectivity index (χ4n) is 4.76. The molecule has 5 unspecified atom stereocenters. The van der Waals surface area contributed by atoms with E-state index in [1.165, 1.54) is 6.92 Å². The molecule has 0 bridgehead atoms. The van der Waals surface area contributed by atoms with Gasteiger partial charge in [-0.15, -0.1) is 0 Å². The summed E-state index contributed by atoms with van der Waals surface area (Å²) in [6.07, 6.45) is 1.22. The molecule has 0 aliphatic carbocycles. The number of carbonyl (C=O) groups excluding carboxylic acids is 4. The normalized spacial score (nSPS) is 21.3. The minimum absolute atomic E-state index is 0.0416. The number of aliphatic hydroxyl groups is 3. The lowest BCUT2D eigenvalue weighted by molar-refractivity contribution is -0.244. The third-order valence-electron chi connectivity index (χ3n) is 7.34. The highest BCUT2D eigenvalue weighted by Gasteiger charge is 2.46. The number of hydrogen-bond acceptors (Lipinski definition) is 9. The summed E-state index contributed by atoms with van der Waals surface area (Å²) in [6, 6.07) is 5.30. The summed E-state index contributed by atoms with van der Waals surface area (Å²) in [4.78, 5) is 50.2. The molecule has 0 saturated carbocycles. The fourth-order valence-corrected chi connectivity index (χ4v) is 4.76. The van der Waals surface area contributed by atoms with Crippen LogP contribution in [0.4, 0.5) is 5.69 Å². The predicted molar refractivity (Wildman–Crippen MR) is 164 cm³/mol. The van der Waals surface area contributed by atoms with Crippen LogP contribution in [0.25, 0.3) is 0 Å². The first-order valence-corrected chi connectivity index (χ1v) is 15.6. The molecular weight excluding hydrogens is 572 g/mol. The van der Waals surface area contributed by atoms with Crippen LogP contribution in [-0.2, 0) is 23.9 Å². The molecule has 248 valence electrons. The van der Waals surface area contributed by atoms with Crippen LogP contribution in [0.2, 0.25) is 0 Å². The van der Waals surface area contributed by atoms with E-state index in [9.17, 15) is 34.5 Å². The molecule has 1 fully saturated rings. The van der Waals surface area contributed by atoms with E-state index < -0.39 is 43.2 Å². The molecule has 1 aromatic carbocycles. The van der Waals surface area contributed by atoms with Crippen molar-refractivity contribution in [2.45, 2.75) is 109 Å². The lowest BCUT2D eigenvalue weighted by atomic mass is 9.97. The molecule has 13 heteroatoms. The maximum Gasteiger partial charge on any atom is 0.226 e. The van der Waals surface area contributed by atoms with E-state index in [-0.39, 0.29) is 24.1 Å². The van der Waals surface area contributed by atoms with Gasteiger partial charge in [0.2, 0.25) is 29.9 Å². The monoisotopic (exact) mass is 622 g/mol. The average Bonchev–Trinajstić information content (AvgIpc) is 3.00. The van der Waals surface area contributed by atoms with Crippen molar-refractivity contribution in [1.82, 2.24) is 15.5 Å². The Bertz CT molecular complexity index is 1040. The largest absolute Gasteiger partial charge is 0.463 e. The molecule has 0 radical (unpaired) electrons. The van der Waals surface area contributed by atoms with E-state index >= 15 is 0 Å². The van der Waals surface area contributed by atoms with Crippen LogP contribution in [0.5, 0.6) is 5.75 Å². The van der Waals surface area contributed by atoms with Gasteiger partial charge in [-0.2, -0.15) is 0 Å². The van der Waals surface area contributed by atoms with E-state index in [4.69, 9.17) is 9.47 Å². The lowest BCUT2D eigenvalue weighted by Crippen LogP contribution is -2.65. The van der Waals surface area contributed by atoms with E-state index in [0.717, 1.165) is 38.5 Å². The standard InChI is InChI=1S/C31H50N4O9/c1-4-6-11-27(40)35(18-10-8-7-9-17-32-25(38)5-2)19-16-26(39)34-22-12-14-23(15-13-22)43-31-28(33-21(3)37)30(42)29(41)24(20-36)44-31/h12-15,24,28-31,36,41-42H,4-11,16-20H2,1-3H3,(H,32,38)(H,33,37)(H,34,39). The molecule has 1 aliphatic rings. The van der Waals surface area contributed by atoms with E-state index in [2.05, 4.69) is 16.0 Å². The van der Waals surface area contributed by atoms with Gasteiger partial charge in [-0.1, -0.05) is 33.1 Å². The zero-order chi connectivity index (χ0) is 32.5. The first-order valence-electron chi connectivity index (χ1n) is 15.6. The van der Waals surface area contributed by atoms with E-state index in [1.54, 1.807) is 29.2 Å². The number of benzene rings is 1. The van der Waals surface area contributed by atoms with Crippen LogP contribution in [0, 0.1) is 0 Å². The highest BCUT2D eigenvalue weighted by Crippen LogP contribution is 2.25. The number of nitrogens with one attached hydrogen (secondary N) is 3. The molecule has 1 aromatic rings. The Hall–Kier alpha value is -3.26. The van der Waals surface area contributed by atoms with Crippen molar-refractivity contribution in [3.05, 3.63) is 24.3 Å². The minimum Gasteiger partial charge on any atom is -0.463 e. The molecule has 6 N–H and O–H groups in total. The summed E-state index contributed by atoms with van der Waals surface area (Å²) >= 11 is 0. The van der Waals surface area contributed by atoms with Gasteiger partial charge in [0, 0.05) is 51.5 Å². The van der Waals surface area contributed by atoms with Gasteiger partial charge in [0.15, 0.2) is 0 Å². The predicted octanol–water partition coefficient (Wildman–Crippen LogP) is 1.44. The molecule has 2 rings (SSSR count). The number of aliphatic hydroxyl groups excluding tert-OH is 3. The van der Waals surface area contributed by atoms with Crippen LogP contribution in [0.1, 0.15) is 78.6 Å². The van der Waals surface area contributed by atoms with Gasteiger partial charge in [-0.3, -0.25) is 19.2 Å². The van der Waals surface area contributed by atoms with Crippen LogP contribution in [0.15, 0.2) is 24.3 Å². The number of anilines is 1. The Morgan fingerprint density at radius 2 is 1.61 bits per heavy atom. The Morgan fingerprint density at radius 1 is 0.909 bits per heavy atom. The molecule has 0 aromatic heterocycles. The fraction of sp³-hybridized carbons (Fsp3) is 0.677. The maximum absolute atomic E-state index is 12.8. The first-order chi connectivity index (χ1) is 21.1. The Morgan fingerprint density at radius 3 is 2.25 bits per heavy atom. The Kier molecular flexibility index (Phi) is 16.7. The van der Waals surface area contributed by atoms with Crippen molar-refractivity contribution >= 4 is 29.3 Å². The number of ether oxygens (including phenoxy) is 2. The quantitative estimate of drug-likeness (QED) is 0.124.